The molecule has 2 N–H and O–H groups in total. The normalized spacial score (nSPS) is 14.8. The van der Waals surface area contributed by atoms with Crippen molar-refractivity contribution < 1.29 is 22.7 Å². The van der Waals surface area contributed by atoms with Gasteiger partial charge in [-0.05, 0) is 49.2 Å². The van der Waals surface area contributed by atoms with Crippen molar-refractivity contribution >= 4 is 44.8 Å². The van der Waals surface area contributed by atoms with Gasteiger partial charge in [0.25, 0.3) is 5.91 Å². The van der Waals surface area contributed by atoms with Crippen LogP contribution in [0.15, 0.2) is 41.3 Å². The average molecular weight is 487 g/mol. The van der Waals surface area contributed by atoms with E-state index in [0.29, 0.717) is 16.5 Å². The number of rotatable bonds is 8. The van der Waals surface area contributed by atoms with Crippen molar-refractivity contribution in [3.05, 3.63) is 46.4 Å². The van der Waals surface area contributed by atoms with E-state index in [9.17, 15) is 13.2 Å². The average Bonchev–Trinajstić information content (AvgIpc) is 2.73. The molecule has 0 atom stereocenters. The van der Waals surface area contributed by atoms with Gasteiger partial charge in [0.15, 0.2) is 6.61 Å². The molecule has 0 spiro atoms. The lowest BCUT2D eigenvalue weighted by Gasteiger charge is -2.22. The number of carbonyl (C=O) groups excluding carboxylic acids is 1. The Bertz CT molecular complexity index is 1040. The zero-order valence-electron chi connectivity index (χ0n) is 17.0. The molecule has 0 radical (unpaired) electrons. The molecule has 1 aliphatic carbocycles. The number of carbonyl (C=O) groups is 1. The summed E-state index contributed by atoms with van der Waals surface area (Å²) >= 11 is 12.2. The standard InChI is InChI=1S/C21H24Cl2N2O5S/c1-29-20-9-7-14(22)11-18(20)24-21(26)13-30-19-10-8-16(12-17(19)23)31(27,28)25-15-5-3-2-4-6-15/h7-12,15,25H,2-6,13H2,1H3,(H,24,26). The van der Waals surface area contributed by atoms with Crippen LogP contribution in [-0.2, 0) is 14.8 Å². The number of amides is 1. The quantitative estimate of drug-likeness (QED) is 0.567. The van der Waals surface area contributed by atoms with Gasteiger partial charge in [-0.3, -0.25) is 4.79 Å². The second kappa shape index (κ2) is 10.5. The summed E-state index contributed by atoms with van der Waals surface area (Å²) in [6.07, 6.45) is 4.84. The van der Waals surface area contributed by atoms with Gasteiger partial charge in [-0.1, -0.05) is 42.5 Å². The van der Waals surface area contributed by atoms with Crippen LogP contribution >= 0.6 is 23.2 Å². The van der Waals surface area contributed by atoms with E-state index in [0.717, 1.165) is 32.1 Å². The summed E-state index contributed by atoms with van der Waals surface area (Å²) in [6.45, 7) is -0.332. The summed E-state index contributed by atoms with van der Waals surface area (Å²) in [5.74, 6) is 0.203. The van der Waals surface area contributed by atoms with Crippen LogP contribution in [0.4, 0.5) is 5.69 Å². The molecule has 0 saturated heterocycles. The molecule has 31 heavy (non-hydrogen) atoms. The number of halogens is 2. The van der Waals surface area contributed by atoms with Crippen molar-refractivity contribution in [1.29, 1.82) is 0 Å². The van der Waals surface area contributed by atoms with Crippen molar-refractivity contribution in [3.63, 3.8) is 0 Å². The summed E-state index contributed by atoms with van der Waals surface area (Å²) in [6, 6.07) is 8.95. The number of ether oxygens (including phenoxy) is 2. The second-order valence-electron chi connectivity index (χ2n) is 7.23. The molecular formula is C21H24Cl2N2O5S. The molecule has 10 heteroatoms. The maximum Gasteiger partial charge on any atom is 0.262 e. The van der Waals surface area contributed by atoms with E-state index in [4.69, 9.17) is 32.7 Å². The summed E-state index contributed by atoms with van der Waals surface area (Å²) in [5.41, 5.74) is 0.407. The maximum absolute atomic E-state index is 12.6. The van der Waals surface area contributed by atoms with Gasteiger partial charge >= 0.3 is 0 Å². The number of nitrogens with one attached hydrogen (secondary N) is 2. The van der Waals surface area contributed by atoms with E-state index in [1.165, 1.54) is 25.3 Å². The van der Waals surface area contributed by atoms with Gasteiger partial charge in [-0.15, -0.1) is 0 Å². The zero-order chi connectivity index (χ0) is 22.4. The highest BCUT2D eigenvalue weighted by molar-refractivity contribution is 7.89. The lowest BCUT2D eigenvalue weighted by molar-refractivity contribution is -0.118. The van der Waals surface area contributed by atoms with Gasteiger partial charge in [0.2, 0.25) is 10.0 Å². The van der Waals surface area contributed by atoms with Gasteiger partial charge in [0.1, 0.15) is 11.5 Å². The number of anilines is 1. The van der Waals surface area contributed by atoms with Crippen LogP contribution < -0.4 is 19.5 Å². The van der Waals surface area contributed by atoms with E-state index in [-0.39, 0.29) is 28.3 Å². The Morgan fingerprint density at radius 2 is 1.77 bits per heavy atom. The predicted molar refractivity (Wildman–Crippen MR) is 121 cm³/mol. The number of hydrogen-bond acceptors (Lipinski definition) is 5. The van der Waals surface area contributed by atoms with Crippen LogP contribution in [0.3, 0.4) is 0 Å². The predicted octanol–water partition coefficient (Wildman–Crippen LogP) is 4.63. The molecule has 0 aliphatic heterocycles. The summed E-state index contributed by atoms with van der Waals surface area (Å²) in [5, 5.41) is 3.19. The number of methoxy groups -OCH3 is 1. The molecule has 1 amide bonds. The number of sulfonamides is 1. The van der Waals surface area contributed by atoms with Crippen LogP contribution in [0.25, 0.3) is 0 Å². The Kier molecular flexibility index (Phi) is 8.05. The fourth-order valence-corrected chi connectivity index (χ4v) is 5.18. The fourth-order valence-electron chi connectivity index (χ4n) is 3.38. The van der Waals surface area contributed by atoms with Crippen molar-refractivity contribution in [1.82, 2.24) is 4.72 Å². The van der Waals surface area contributed by atoms with Crippen molar-refractivity contribution in [2.24, 2.45) is 0 Å². The third-order valence-corrected chi connectivity index (χ3v) is 6.98. The molecule has 168 valence electrons. The highest BCUT2D eigenvalue weighted by Crippen LogP contribution is 2.29. The SMILES string of the molecule is COc1ccc(Cl)cc1NC(=O)COc1ccc(S(=O)(=O)NC2CCCCC2)cc1Cl. The smallest absolute Gasteiger partial charge is 0.262 e. The first kappa shape index (κ1) is 23.7. The van der Waals surface area contributed by atoms with E-state index in [1.807, 2.05) is 0 Å². The Labute approximate surface area is 192 Å². The van der Waals surface area contributed by atoms with Gasteiger partial charge in [-0.25, -0.2) is 13.1 Å². The second-order valence-corrected chi connectivity index (χ2v) is 9.79. The molecule has 1 saturated carbocycles. The number of benzene rings is 2. The summed E-state index contributed by atoms with van der Waals surface area (Å²) in [4.78, 5) is 12.3. The first-order valence-electron chi connectivity index (χ1n) is 9.86. The Morgan fingerprint density at radius 3 is 2.45 bits per heavy atom. The largest absolute Gasteiger partial charge is 0.495 e. The summed E-state index contributed by atoms with van der Waals surface area (Å²) in [7, 11) is -2.20. The first-order chi connectivity index (χ1) is 14.8. The van der Waals surface area contributed by atoms with Crippen LogP contribution in [0.1, 0.15) is 32.1 Å². The van der Waals surface area contributed by atoms with E-state index in [1.54, 1.807) is 18.2 Å². The van der Waals surface area contributed by atoms with E-state index >= 15 is 0 Å². The minimum atomic E-state index is -3.68. The first-order valence-corrected chi connectivity index (χ1v) is 12.1. The molecule has 7 nitrogen and oxygen atoms in total. The molecule has 0 bridgehead atoms. The monoisotopic (exact) mass is 486 g/mol. The van der Waals surface area contributed by atoms with Gasteiger partial charge < -0.3 is 14.8 Å². The highest BCUT2D eigenvalue weighted by atomic mass is 35.5. The van der Waals surface area contributed by atoms with Crippen LogP contribution in [0.5, 0.6) is 11.5 Å². The molecule has 0 heterocycles. The maximum atomic E-state index is 12.6. The van der Waals surface area contributed by atoms with E-state index < -0.39 is 15.9 Å². The third kappa shape index (κ3) is 6.49. The lowest BCUT2D eigenvalue weighted by atomic mass is 9.96. The van der Waals surface area contributed by atoms with Crippen LogP contribution in [-0.4, -0.2) is 34.1 Å². The van der Waals surface area contributed by atoms with Gasteiger partial charge in [0.05, 0.1) is 22.7 Å². The lowest BCUT2D eigenvalue weighted by Crippen LogP contribution is -2.36. The number of hydrogen-bond donors (Lipinski definition) is 2. The molecule has 3 rings (SSSR count). The van der Waals surface area contributed by atoms with Gasteiger partial charge in [0, 0.05) is 11.1 Å². The minimum Gasteiger partial charge on any atom is -0.495 e. The molecule has 2 aromatic rings. The molecular weight excluding hydrogens is 463 g/mol. The Hall–Kier alpha value is -2.00. The van der Waals surface area contributed by atoms with Crippen molar-refractivity contribution in [2.75, 3.05) is 19.0 Å². The fraction of sp³-hybridized carbons (Fsp3) is 0.381. The molecule has 1 aliphatic rings. The highest BCUT2D eigenvalue weighted by Gasteiger charge is 2.23. The molecule has 1 fully saturated rings. The van der Waals surface area contributed by atoms with Crippen molar-refractivity contribution in [3.8, 4) is 11.5 Å². The van der Waals surface area contributed by atoms with Gasteiger partial charge in [-0.2, -0.15) is 0 Å². The zero-order valence-corrected chi connectivity index (χ0v) is 19.3. The molecule has 0 aromatic heterocycles. The summed E-state index contributed by atoms with van der Waals surface area (Å²) < 4.78 is 38.6. The topological polar surface area (TPSA) is 93.7 Å². The Morgan fingerprint density at radius 1 is 1.06 bits per heavy atom. The minimum absolute atomic E-state index is 0.0550. The van der Waals surface area contributed by atoms with Crippen LogP contribution in [0, 0.1) is 0 Å². The third-order valence-electron chi connectivity index (χ3n) is 4.94. The molecule has 0 unspecified atom stereocenters. The molecule has 2 aromatic carbocycles. The van der Waals surface area contributed by atoms with Crippen molar-refractivity contribution in [2.45, 2.75) is 43.0 Å². The Balaban J connectivity index is 1.61. The van der Waals surface area contributed by atoms with Crippen LogP contribution in [0.2, 0.25) is 10.0 Å². The van der Waals surface area contributed by atoms with E-state index in [2.05, 4.69) is 10.0 Å².